The molecular formula is C14H12N4O2. The van der Waals surface area contributed by atoms with Gasteiger partial charge in [0, 0.05) is 29.7 Å². The first-order valence-electron chi connectivity index (χ1n) is 5.96. The maximum absolute atomic E-state index is 5.72. The van der Waals surface area contributed by atoms with E-state index in [1.165, 1.54) is 0 Å². The third-order valence-electron chi connectivity index (χ3n) is 2.80. The first-order chi connectivity index (χ1) is 9.78. The van der Waals surface area contributed by atoms with E-state index < -0.39 is 0 Å². The van der Waals surface area contributed by atoms with Gasteiger partial charge in [-0.3, -0.25) is 4.98 Å². The molecule has 2 heterocycles. The van der Waals surface area contributed by atoms with Gasteiger partial charge >= 0.3 is 0 Å². The van der Waals surface area contributed by atoms with Crippen LogP contribution in [-0.4, -0.2) is 22.2 Å². The second kappa shape index (κ2) is 5.00. The van der Waals surface area contributed by atoms with Crippen LogP contribution in [0.5, 0.6) is 5.75 Å². The van der Waals surface area contributed by atoms with Crippen molar-refractivity contribution < 1.29 is 9.26 Å². The summed E-state index contributed by atoms with van der Waals surface area (Å²) in [5, 5.41) is 3.95. The number of rotatable bonds is 3. The van der Waals surface area contributed by atoms with E-state index in [-0.39, 0.29) is 0 Å². The molecule has 0 bridgehead atoms. The normalized spacial score (nSPS) is 10.4. The Bertz CT molecular complexity index is 725. The third-order valence-corrected chi connectivity index (χ3v) is 2.80. The molecule has 2 N–H and O–H groups in total. The molecule has 20 heavy (non-hydrogen) atoms. The van der Waals surface area contributed by atoms with E-state index in [0.29, 0.717) is 28.7 Å². The van der Waals surface area contributed by atoms with Gasteiger partial charge in [-0.2, -0.15) is 4.98 Å². The van der Waals surface area contributed by atoms with Gasteiger partial charge in [0.05, 0.1) is 12.7 Å². The molecule has 1 aromatic carbocycles. The highest BCUT2D eigenvalue weighted by Gasteiger charge is 2.14. The number of nitrogens with two attached hydrogens (primary N) is 1. The average Bonchev–Trinajstić information content (AvgIpc) is 2.97. The molecule has 0 aliphatic heterocycles. The molecule has 6 nitrogen and oxygen atoms in total. The maximum Gasteiger partial charge on any atom is 0.262 e. The molecule has 0 spiro atoms. The van der Waals surface area contributed by atoms with Crippen molar-refractivity contribution in [3.63, 3.8) is 0 Å². The van der Waals surface area contributed by atoms with Crippen molar-refractivity contribution in [3.8, 4) is 28.6 Å². The molecular weight excluding hydrogens is 256 g/mol. The van der Waals surface area contributed by atoms with Crippen molar-refractivity contribution in [1.29, 1.82) is 0 Å². The first-order valence-corrected chi connectivity index (χ1v) is 5.96. The fraction of sp³-hybridized carbons (Fsp3) is 0.0714. The molecule has 0 aliphatic carbocycles. The second-order valence-corrected chi connectivity index (χ2v) is 4.12. The smallest absolute Gasteiger partial charge is 0.262 e. The van der Waals surface area contributed by atoms with Crippen molar-refractivity contribution in [2.75, 3.05) is 12.8 Å². The zero-order valence-corrected chi connectivity index (χ0v) is 10.8. The first kappa shape index (κ1) is 12.2. The Kier molecular flexibility index (Phi) is 3.04. The molecule has 3 rings (SSSR count). The number of benzene rings is 1. The Morgan fingerprint density at radius 2 is 2.15 bits per heavy atom. The molecule has 0 saturated heterocycles. The highest BCUT2D eigenvalue weighted by atomic mass is 16.5. The van der Waals surface area contributed by atoms with Crippen LogP contribution in [0.3, 0.4) is 0 Å². The fourth-order valence-electron chi connectivity index (χ4n) is 1.83. The van der Waals surface area contributed by atoms with Crippen LogP contribution >= 0.6 is 0 Å². The Morgan fingerprint density at radius 1 is 1.25 bits per heavy atom. The monoisotopic (exact) mass is 268 g/mol. The number of aromatic nitrogens is 3. The molecule has 3 aromatic rings. The maximum atomic E-state index is 5.72. The van der Waals surface area contributed by atoms with Crippen LogP contribution in [0.1, 0.15) is 0 Å². The highest BCUT2D eigenvalue weighted by Crippen LogP contribution is 2.31. The van der Waals surface area contributed by atoms with Crippen molar-refractivity contribution in [2.24, 2.45) is 0 Å². The van der Waals surface area contributed by atoms with Crippen LogP contribution < -0.4 is 10.5 Å². The van der Waals surface area contributed by atoms with E-state index in [1.807, 2.05) is 12.1 Å². The van der Waals surface area contributed by atoms with Crippen LogP contribution in [0.2, 0.25) is 0 Å². The third kappa shape index (κ3) is 2.18. The summed E-state index contributed by atoms with van der Waals surface area (Å²) in [6.45, 7) is 0. The number of nitrogens with zero attached hydrogens (tertiary/aromatic N) is 3. The Balaban J connectivity index is 2.02. The summed E-state index contributed by atoms with van der Waals surface area (Å²) in [6.07, 6.45) is 3.36. The van der Waals surface area contributed by atoms with Crippen LogP contribution in [-0.2, 0) is 0 Å². The van der Waals surface area contributed by atoms with Crippen LogP contribution in [0, 0.1) is 0 Å². The molecule has 0 fully saturated rings. The molecule has 0 aliphatic rings. The van der Waals surface area contributed by atoms with Gasteiger partial charge in [0.1, 0.15) is 5.75 Å². The average molecular weight is 268 g/mol. The van der Waals surface area contributed by atoms with Crippen molar-refractivity contribution >= 4 is 5.69 Å². The van der Waals surface area contributed by atoms with Crippen molar-refractivity contribution in [1.82, 2.24) is 15.1 Å². The molecule has 0 amide bonds. The molecule has 2 aromatic heterocycles. The van der Waals surface area contributed by atoms with Gasteiger partial charge in [0.25, 0.3) is 5.89 Å². The summed E-state index contributed by atoms with van der Waals surface area (Å²) in [7, 11) is 1.57. The zero-order valence-electron chi connectivity index (χ0n) is 10.8. The molecule has 0 radical (unpaired) electrons. The van der Waals surface area contributed by atoms with E-state index >= 15 is 0 Å². The Labute approximate surface area is 115 Å². The van der Waals surface area contributed by atoms with Gasteiger partial charge in [-0.05, 0) is 24.3 Å². The summed E-state index contributed by atoms with van der Waals surface area (Å²) < 4.78 is 10.6. The lowest BCUT2D eigenvalue weighted by Crippen LogP contribution is -1.91. The minimum atomic E-state index is 0.376. The Morgan fingerprint density at radius 3 is 2.90 bits per heavy atom. The highest BCUT2D eigenvalue weighted by molar-refractivity contribution is 5.68. The summed E-state index contributed by atoms with van der Waals surface area (Å²) in [5.41, 5.74) is 7.82. The molecule has 0 atom stereocenters. The van der Waals surface area contributed by atoms with Gasteiger partial charge in [0.2, 0.25) is 5.82 Å². The minimum Gasteiger partial charge on any atom is -0.496 e. The number of pyridine rings is 1. The topological polar surface area (TPSA) is 87.1 Å². The van der Waals surface area contributed by atoms with E-state index in [9.17, 15) is 0 Å². The summed E-state index contributed by atoms with van der Waals surface area (Å²) in [6, 6.07) is 8.93. The number of hydrogen-bond acceptors (Lipinski definition) is 6. The van der Waals surface area contributed by atoms with Gasteiger partial charge in [-0.25, -0.2) is 0 Å². The van der Waals surface area contributed by atoms with E-state index in [0.717, 1.165) is 5.56 Å². The number of hydrogen-bond donors (Lipinski definition) is 1. The zero-order chi connectivity index (χ0) is 13.9. The predicted octanol–water partition coefficient (Wildman–Crippen LogP) is 2.39. The van der Waals surface area contributed by atoms with Crippen molar-refractivity contribution in [2.45, 2.75) is 0 Å². The molecule has 0 unspecified atom stereocenters. The van der Waals surface area contributed by atoms with Crippen LogP contribution in [0.4, 0.5) is 5.69 Å². The van der Waals surface area contributed by atoms with E-state index in [2.05, 4.69) is 15.1 Å². The largest absolute Gasteiger partial charge is 0.496 e. The quantitative estimate of drug-likeness (QED) is 0.734. The number of ether oxygens (including phenoxy) is 1. The van der Waals surface area contributed by atoms with Gasteiger partial charge < -0.3 is 15.0 Å². The van der Waals surface area contributed by atoms with E-state index in [4.69, 9.17) is 15.0 Å². The number of methoxy groups -OCH3 is 1. The number of nitrogen functional groups attached to an aromatic ring is 1. The van der Waals surface area contributed by atoms with Crippen LogP contribution in [0.25, 0.3) is 22.8 Å². The summed E-state index contributed by atoms with van der Waals surface area (Å²) in [4.78, 5) is 8.38. The minimum absolute atomic E-state index is 0.376. The van der Waals surface area contributed by atoms with Gasteiger partial charge in [-0.15, -0.1) is 0 Å². The lowest BCUT2D eigenvalue weighted by Gasteiger charge is -2.05. The summed E-state index contributed by atoms with van der Waals surface area (Å²) in [5.74, 6) is 1.44. The number of anilines is 1. The lowest BCUT2D eigenvalue weighted by atomic mass is 10.2. The summed E-state index contributed by atoms with van der Waals surface area (Å²) >= 11 is 0. The van der Waals surface area contributed by atoms with Crippen LogP contribution in [0.15, 0.2) is 47.2 Å². The standard InChI is InChI=1S/C14H12N4O2/c1-19-12-7-10(15)4-5-11(12)14-17-13(18-20-14)9-3-2-6-16-8-9/h2-8H,15H2,1H3. The fourth-order valence-corrected chi connectivity index (χ4v) is 1.83. The van der Waals surface area contributed by atoms with Gasteiger partial charge in [0.15, 0.2) is 0 Å². The SMILES string of the molecule is COc1cc(N)ccc1-c1nc(-c2cccnc2)no1. The molecule has 100 valence electrons. The van der Waals surface area contributed by atoms with Gasteiger partial charge in [-0.1, -0.05) is 5.16 Å². The Hall–Kier alpha value is -2.89. The lowest BCUT2D eigenvalue weighted by molar-refractivity contribution is 0.405. The second-order valence-electron chi connectivity index (χ2n) is 4.12. The predicted molar refractivity (Wildman–Crippen MR) is 73.9 cm³/mol. The van der Waals surface area contributed by atoms with Crippen molar-refractivity contribution in [3.05, 3.63) is 42.7 Å². The molecule has 6 heteroatoms. The van der Waals surface area contributed by atoms with E-state index in [1.54, 1.807) is 37.7 Å². The molecule has 0 saturated carbocycles.